The summed E-state index contributed by atoms with van der Waals surface area (Å²) in [5, 5.41) is 12.0. The van der Waals surface area contributed by atoms with Gasteiger partial charge in [0.05, 0.1) is 18.0 Å². The number of rotatable bonds is 11. The highest BCUT2D eigenvalue weighted by molar-refractivity contribution is 7.09. The largest absolute Gasteiger partial charge is 0.444 e. The second kappa shape index (κ2) is 15.9. The van der Waals surface area contributed by atoms with Gasteiger partial charge in [-0.15, -0.1) is 11.3 Å². The van der Waals surface area contributed by atoms with E-state index in [-0.39, 0.29) is 30.3 Å². The van der Waals surface area contributed by atoms with Gasteiger partial charge in [0.1, 0.15) is 11.3 Å². The van der Waals surface area contributed by atoms with Crippen LogP contribution >= 0.6 is 11.3 Å². The van der Waals surface area contributed by atoms with Gasteiger partial charge in [-0.2, -0.15) is 0 Å². The van der Waals surface area contributed by atoms with Crippen molar-refractivity contribution in [3.63, 3.8) is 0 Å². The number of amides is 4. The van der Waals surface area contributed by atoms with Crippen LogP contribution in [0.3, 0.4) is 0 Å². The van der Waals surface area contributed by atoms with Crippen LogP contribution in [0.1, 0.15) is 79.8 Å². The van der Waals surface area contributed by atoms with Crippen molar-refractivity contribution in [1.82, 2.24) is 14.8 Å². The van der Waals surface area contributed by atoms with E-state index in [0.29, 0.717) is 30.2 Å². The van der Waals surface area contributed by atoms with Crippen molar-refractivity contribution in [2.75, 3.05) is 43.1 Å². The molecule has 0 aliphatic heterocycles. The average molecular weight is 680 g/mol. The fraction of sp³-hybridized carbons (Fsp3) is 0.471. The van der Waals surface area contributed by atoms with Gasteiger partial charge in [-0.05, 0) is 88.5 Å². The third-order valence-electron chi connectivity index (χ3n) is 7.24. The van der Waals surface area contributed by atoms with E-state index in [2.05, 4.69) is 59.1 Å². The molecule has 3 rings (SSSR count). The maximum atomic E-state index is 13.8. The van der Waals surface area contributed by atoms with Crippen molar-refractivity contribution in [3.8, 4) is 0 Å². The number of benzene rings is 1. The molecule has 3 aromatic rings. The van der Waals surface area contributed by atoms with Gasteiger partial charge >= 0.3 is 12.1 Å². The maximum Gasteiger partial charge on any atom is 0.412 e. The third-order valence-corrected chi connectivity index (χ3v) is 8.13. The number of carbonyl (C=O) groups excluding carboxylic acids is 3. The summed E-state index contributed by atoms with van der Waals surface area (Å²) >= 11 is 1.33. The SMILES string of the molecule is Cc1cc(NC(=O)N(CCN(C)C)Cc2ccc(C(=O)Nc3cscc3NC(=O)OC(C)(C)C)nc2)c(CO[Si])c(C(C)(C)C)c1C. The molecular weight excluding hydrogens is 633 g/mol. The molecule has 2 heterocycles. The summed E-state index contributed by atoms with van der Waals surface area (Å²) < 4.78 is 10.7. The van der Waals surface area contributed by atoms with Crippen LogP contribution in [0.2, 0.25) is 0 Å². The smallest absolute Gasteiger partial charge is 0.412 e. The molecule has 253 valence electrons. The minimum absolute atomic E-state index is 0.167. The van der Waals surface area contributed by atoms with Crippen LogP contribution in [0.5, 0.6) is 0 Å². The van der Waals surface area contributed by atoms with E-state index in [0.717, 1.165) is 22.3 Å². The van der Waals surface area contributed by atoms with E-state index in [1.807, 2.05) is 32.0 Å². The zero-order valence-corrected chi connectivity index (χ0v) is 30.9. The Balaban J connectivity index is 1.78. The molecule has 3 N–H and O–H groups in total. The molecule has 0 aliphatic carbocycles. The second-order valence-corrected chi connectivity index (χ2v) is 14.8. The number of thiophene rings is 1. The molecule has 0 fully saturated rings. The number of ether oxygens (including phenoxy) is 1. The first-order valence-electron chi connectivity index (χ1n) is 15.3. The van der Waals surface area contributed by atoms with Crippen LogP contribution in [0.15, 0.2) is 35.2 Å². The molecule has 1 aromatic carbocycles. The van der Waals surface area contributed by atoms with Crippen molar-refractivity contribution in [2.24, 2.45) is 0 Å². The first-order chi connectivity index (χ1) is 21.9. The number of hydrogen-bond donors (Lipinski definition) is 3. The quantitative estimate of drug-likeness (QED) is 0.189. The van der Waals surface area contributed by atoms with Gasteiger partial charge in [-0.3, -0.25) is 15.1 Å². The molecule has 47 heavy (non-hydrogen) atoms. The zero-order valence-electron chi connectivity index (χ0n) is 29.1. The molecule has 4 amide bonds. The number of nitrogens with zero attached hydrogens (tertiary/aromatic N) is 3. The Labute approximate surface area is 286 Å². The average Bonchev–Trinajstić information content (AvgIpc) is 3.38. The van der Waals surface area contributed by atoms with Gasteiger partial charge in [0, 0.05) is 47.8 Å². The Hall–Kier alpha value is -3.78. The van der Waals surface area contributed by atoms with E-state index < -0.39 is 17.6 Å². The van der Waals surface area contributed by atoms with Gasteiger partial charge in [0.15, 0.2) is 0 Å². The number of nitrogens with one attached hydrogen (secondary N) is 3. The molecule has 2 aromatic heterocycles. The summed E-state index contributed by atoms with van der Waals surface area (Å²) in [6, 6.07) is 5.13. The van der Waals surface area contributed by atoms with Crippen LogP contribution in [-0.4, -0.2) is 76.1 Å². The number of hydrogen-bond acceptors (Lipinski definition) is 8. The Morgan fingerprint density at radius 2 is 1.60 bits per heavy atom. The van der Waals surface area contributed by atoms with E-state index in [4.69, 9.17) is 9.16 Å². The van der Waals surface area contributed by atoms with Gasteiger partial charge in [-0.1, -0.05) is 26.8 Å². The van der Waals surface area contributed by atoms with Crippen molar-refractivity contribution < 1.29 is 23.5 Å². The monoisotopic (exact) mass is 679 g/mol. The normalized spacial score (nSPS) is 11.7. The first-order valence-corrected chi connectivity index (χ1v) is 16.7. The molecule has 0 saturated carbocycles. The van der Waals surface area contributed by atoms with Crippen molar-refractivity contribution >= 4 is 56.9 Å². The first kappa shape index (κ1) is 37.7. The molecular formula is C34H47N6O5SSi. The van der Waals surface area contributed by atoms with Crippen LogP contribution < -0.4 is 16.0 Å². The molecule has 0 atom stereocenters. The second-order valence-electron chi connectivity index (χ2n) is 13.7. The number of urea groups is 1. The number of carbonyl (C=O) groups is 3. The topological polar surface area (TPSA) is 125 Å². The fourth-order valence-electron chi connectivity index (χ4n) is 5.05. The number of aryl methyl sites for hydroxylation is 1. The summed E-state index contributed by atoms with van der Waals surface area (Å²) in [6.45, 7) is 17.6. The predicted molar refractivity (Wildman–Crippen MR) is 190 cm³/mol. The van der Waals surface area contributed by atoms with Crippen molar-refractivity contribution in [1.29, 1.82) is 0 Å². The van der Waals surface area contributed by atoms with Crippen LogP contribution in [0.4, 0.5) is 26.7 Å². The standard InChI is InChI=1S/C34H47N6O5SSi/c1-21-15-26(24(18-44-47)29(22(21)2)33(3,4)5)37-31(42)40(14-13-39(9)10)17-23-11-12-25(35-16-23)30(41)36-27-19-46-20-28(27)38-32(43)45-34(6,7)8/h11-12,15-16,19-20H,13-14,17-18H2,1-10H3,(H,36,41)(H,37,42)(H,38,43). The summed E-state index contributed by atoms with van der Waals surface area (Å²) in [6.07, 6.45) is 0.979. The lowest BCUT2D eigenvalue weighted by molar-refractivity contribution is 0.0635. The van der Waals surface area contributed by atoms with Crippen LogP contribution in [0.25, 0.3) is 0 Å². The minimum Gasteiger partial charge on any atom is -0.444 e. The van der Waals surface area contributed by atoms with E-state index in [1.54, 1.807) is 54.8 Å². The number of pyridine rings is 1. The highest BCUT2D eigenvalue weighted by Crippen LogP contribution is 2.36. The molecule has 13 heteroatoms. The highest BCUT2D eigenvalue weighted by atomic mass is 32.1. The van der Waals surface area contributed by atoms with Gasteiger partial charge < -0.3 is 29.6 Å². The molecule has 0 aliphatic rings. The lowest BCUT2D eigenvalue weighted by Gasteiger charge is -2.30. The van der Waals surface area contributed by atoms with E-state index >= 15 is 0 Å². The lowest BCUT2D eigenvalue weighted by atomic mass is 9.79. The molecule has 11 nitrogen and oxygen atoms in total. The van der Waals surface area contributed by atoms with Crippen LogP contribution in [0, 0.1) is 13.8 Å². The minimum atomic E-state index is -0.654. The Morgan fingerprint density at radius 1 is 0.936 bits per heavy atom. The van der Waals surface area contributed by atoms with Crippen molar-refractivity contribution in [2.45, 2.75) is 79.6 Å². The Kier molecular flexibility index (Phi) is 12.7. The summed E-state index contributed by atoms with van der Waals surface area (Å²) in [4.78, 5) is 47.2. The fourth-order valence-corrected chi connectivity index (χ4v) is 5.91. The third kappa shape index (κ3) is 10.9. The summed E-state index contributed by atoms with van der Waals surface area (Å²) in [5.41, 5.74) is 6.01. The van der Waals surface area contributed by atoms with E-state index in [1.165, 1.54) is 16.9 Å². The van der Waals surface area contributed by atoms with Crippen LogP contribution in [-0.2, 0) is 27.7 Å². The van der Waals surface area contributed by atoms with Gasteiger partial charge in [-0.25, -0.2) is 9.59 Å². The highest BCUT2D eigenvalue weighted by Gasteiger charge is 2.26. The van der Waals surface area contributed by atoms with Gasteiger partial charge in [0.2, 0.25) is 10.5 Å². The Morgan fingerprint density at radius 3 is 2.15 bits per heavy atom. The molecule has 0 saturated heterocycles. The number of aromatic nitrogens is 1. The summed E-state index contributed by atoms with van der Waals surface area (Å²) in [7, 11) is 7.08. The Bertz CT molecular complexity index is 1560. The number of likely N-dealkylation sites (N-methyl/N-ethyl adjacent to an activating group) is 1. The summed E-state index contributed by atoms with van der Waals surface area (Å²) in [5.74, 6) is -0.435. The van der Waals surface area contributed by atoms with Crippen molar-refractivity contribution in [3.05, 3.63) is 68.7 Å². The molecule has 0 spiro atoms. The molecule has 0 bridgehead atoms. The molecule has 3 radical (unpaired) electrons. The maximum absolute atomic E-state index is 13.8. The van der Waals surface area contributed by atoms with E-state index in [9.17, 15) is 14.4 Å². The van der Waals surface area contributed by atoms with Gasteiger partial charge in [0.25, 0.3) is 5.91 Å². The zero-order chi connectivity index (χ0) is 35.1. The lowest BCUT2D eigenvalue weighted by Crippen LogP contribution is -2.39. The predicted octanol–water partition coefficient (Wildman–Crippen LogP) is 6.85. The number of anilines is 3. The molecule has 0 unspecified atom stereocenters.